The van der Waals surface area contributed by atoms with Crippen molar-refractivity contribution in [2.75, 3.05) is 26.2 Å². The van der Waals surface area contributed by atoms with Crippen molar-refractivity contribution in [1.29, 1.82) is 0 Å². The van der Waals surface area contributed by atoms with Crippen molar-refractivity contribution >= 4 is 11.9 Å². The van der Waals surface area contributed by atoms with E-state index in [1.165, 1.54) is 6.07 Å². The molecule has 2 aliphatic heterocycles. The molecule has 3 aliphatic rings. The second kappa shape index (κ2) is 6.52. The van der Waals surface area contributed by atoms with Crippen LogP contribution in [-0.2, 0) is 11.0 Å². The van der Waals surface area contributed by atoms with Gasteiger partial charge in [-0.1, -0.05) is 0 Å². The Hall–Kier alpha value is -2.52. The number of rotatable bonds is 3. The van der Waals surface area contributed by atoms with Crippen LogP contribution in [0.3, 0.4) is 0 Å². The van der Waals surface area contributed by atoms with E-state index in [9.17, 15) is 22.8 Å². The van der Waals surface area contributed by atoms with Gasteiger partial charge in [-0.05, 0) is 31.4 Å². The summed E-state index contributed by atoms with van der Waals surface area (Å²) in [5.74, 6) is -0.320. The van der Waals surface area contributed by atoms with Crippen molar-refractivity contribution in [3.8, 4) is 5.75 Å². The third-order valence-corrected chi connectivity index (χ3v) is 5.84. The number of likely N-dealkylation sites (tertiary alicyclic amines) is 2. The van der Waals surface area contributed by atoms with Crippen molar-refractivity contribution in [1.82, 2.24) is 14.8 Å². The van der Waals surface area contributed by atoms with Crippen LogP contribution in [0.5, 0.6) is 5.75 Å². The zero-order valence-electron chi connectivity index (χ0n) is 15.1. The molecule has 4 rings (SSSR count). The summed E-state index contributed by atoms with van der Waals surface area (Å²) in [7, 11) is 0. The first-order valence-electron chi connectivity index (χ1n) is 9.18. The van der Waals surface area contributed by atoms with Gasteiger partial charge in [0, 0.05) is 31.6 Å². The average Bonchev–Trinajstić information content (AvgIpc) is 3.05. The van der Waals surface area contributed by atoms with Gasteiger partial charge in [0.1, 0.15) is 17.5 Å². The first-order valence-corrected chi connectivity index (χ1v) is 9.18. The van der Waals surface area contributed by atoms with Crippen LogP contribution in [0.25, 0.3) is 0 Å². The minimum absolute atomic E-state index is 0.0302. The smallest absolute Gasteiger partial charge is 0.433 e. The van der Waals surface area contributed by atoms with Gasteiger partial charge in [0.15, 0.2) is 0 Å². The molecule has 3 fully saturated rings. The molecule has 2 saturated heterocycles. The summed E-state index contributed by atoms with van der Waals surface area (Å²) in [6.07, 6.45) is -1.34. The normalized spacial score (nSPS) is 24.0. The van der Waals surface area contributed by atoms with E-state index in [-0.39, 0.29) is 29.4 Å². The second-order valence-corrected chi connectivity index (χ2v) is 8.00. The maximum atomic E-state index is 12.5. The Morgan fingerprint density at radius 3 is 2.46 bits per heavy atom. The topological polar surface area (TPSA) is 88.8 Å². The number of urea groups is 1. The summed E-state index contributed by atoms with van der Waals surface area (Å²) >= 11 is 0. The van der Waals surface area contributed by atoms with E-state index in [0.29, 0.717) is 38.3 Å². The van der Waals surface area contributed by atoms with E-state index in [1.54, 1.807) is 9.80 Å². The predicted octanol–water partition coefficient (Wildman–Crippen LogP) is 1.87. The Morgan fingerprint density at radius 1 is 1.21 bits per heavy atom. The predicted molar refractivity (Wildman–Crippen MR) is 91.2 cm³/mol. The number of aromatic nitrogens is 1. The van der Waals surface area contributed by atoms with Crippen molar-refractivity contribution in [3.63, 3.8) is 0 Å². The lowest BCUT2D eigenvalue weighted by molar-refractivity contribution is -0.141. The molecule has 0 unspecified atom stereocenters. The molecule has 7 nitrogen and oxygen atoms in total. The number of nitrogens with zero attached hydrogens (tertiary/aromatic N) is 3. The van der Waals surface area contributed by atoms with Crippen LogP contribution >= 0.6 is 0 Å². The minimum Gasteiger partial charge on any atom is -0.489 e. The van der Waals surface area contributed by atoms with E-state index in [4.69, 9.17) is 10.5 Å². The maximum absolute atomic E-state index is 12.5. The second-order valence-electron chi connectivity index (χ2n) is 8.00. The molecular formula is C18H21F3N4O3. The molecule has 1 atom stereocenters. The number of alkyl halides is 3. The summed E-state index contributed by atoms with van der Waals surface area (Å²) in [4.78, 5) is 30.5. The van der Waals surface area contributed by atoms with Gasteiger partial charge >= 0.3 is 12.2 Å². The Kier molecular flexibility index (Phi) is 4.39. The van der Waals surface area contributed by atoms with Gasteiger partial charge in [-0.2, -0.15) is 13.2 Å². The summed E-state index contributed by atoms with van der Waals surface area (Å²) in [5, 5.41) is 0. The monoisotopic (exact) mass is 398 g/mol. The number of nitrogens with two attached hydrogens (primary N) is 1. The van der Waals surface area contributed by atoms with Crippen LogP contribution in [0.1, 0.15) is 25.0 Å². The van der Waals surface area contributed by atoms with Gasteiger partial charge in [0.25, 0.3) is 0 Å². The van der Waals surface area contributed by atoms with Crippen LogP contribution < -0.4 is 10.5 Å². The fourth-order valence-electron chi connectivity index (χ4n) is 4.32. The van der Waals surface area contributed by atoms with Gasteiger partial charge in [-0.3, -0.25) is 4.79 Å². The molecule has 0 radical (unpaired) electrons. The lowest BCUT2D eigenvalue weighted by atomic mass is 9.62. The molecule has 1 spiro atoms. The van der Waals surface area contributed by atoms with Gasteiger partial charge in [0.05, 0.1) is 12.1 Å². The van der Waals surface area contributed by atoms with E-state index >= 15 is 0 Å². The number of ether oxygens (including phenoxy) is 1. The number of carbonyl (C=O) groups excluding carboxylic acids is 2. The van der Waals surface area contributed by atoms with Crippen molar-refractivity contribution in [2.45, 2.75) is 31.5 Å². The number of hydrogen-bond acceptors (Lipinski definition) is 4. The van der Waals surface area contributed by atoms with Crippen LogP contribution in [0, 0.1) is 11.3 Å². The van der Waals surface area contributed by atoms with Gasteiger partial charge < -0.3 is 20.3 Å². The van der Waals surface area contributed by atoms with Crippen LogP contribution in [-0.4, -0.2) is 59.0 Å². The lowest BCUT2D eigenvalue weighted by Gasteiger charge is -2.58. The molecule has 3 amide bonds. The first kappa shape index (κ1) is 18.8. The number of carbonyl (C=O) groups is 2. The minimum atomic E-state index is -4.46. The lowest BCUT2D eigenvalue weighted by Crippen LogP contribution is -2.67. The van der Waals surface area contributed by atoms with Crippen LogP contribution in [0.4, 0.5) is 18.0 Å². The number of primary amides is 1. The molecular weight excluding hydrogens is 377 g/mol. The zero-order valence-corrected chi connectivity index (χ0v) is 15.1. The van der Waals surface area contributed by atoms with E-state index < -0.39 is 11.9 Å². The highest BCUT2D eigenvalue weighted by Crippen LogP contribution is 2.50. The highest BCUT2D eigenvalue weighted by atomic mass is 19.4. The quantitative estimate of drug-likeness (QED) is 0.842. The standard InChI is InChI=1S/C18H21F3N4O3/c19-18(20,21)14-2-1-12(7-23-14)28-13-5-17(6-13)9-25(10-17)16(27)24-4-3-11(8-24)15(22)26/h1-2,7,11,13H,3-6,8-10H2,(H2,22,26)/t11-/m1/s1. The third kappa shape index (κ3) is 3.47. The average molecular weight is 398 g/mol. The Labute approximate surface area is 159 Å². The highest BCUT2D eigenvalue weighted by Gasteiger charge is 2.55. The summed E-state index contributed by atoms with van der Waals surface area (Å²) in [6.45, 7) is 2.19. The van der Waals surface area contributed by atoms with Gasteiger partial charge in [-0.15, -0.1) is 0 Å². The fraction of sp³-hybridized carbons (Fsp3) is 0.611. The number of pyridine rings is 1. The molecule has 0 bridgehead atoms. The van der Waals surface area contributed by atoms with Gasteiger partial charge in [-0.25, -0.2) is 9.78 Å². The van der Waals surface area contributed by atoms with Crippen molar-refractivity contribution in [2.24, 2.45) is 17.1 Å². The molecule has 152 valence electrons. The largest absolute Gasteiger partial charge is 0.489 e. The third-order valence-electron chi connectivity index (χ3n) is 5.84. The summed E-state index contributed by atoms with van der Waals surface area (Å²) in [6, 6.07) is 2.12. The Morgan fingerprint density at radius 2 is 1.93 bits per heavy atom. The molecule has 3 heterocycles. The molecule has 1 aliphatic carbocycles. The molecule has 1 aromatic heterocycles. The molecule has 10 heteroatoms. The van der Waals surface area contributed by atoms with Crippen LogP contribution in [0.15, 0.2) is 18.3 Å². The molecule has 28 heavy (non-hydrogen) atoms. The van der Waals surface area contributed by atoms with Crippen LogP contribution in [0.2, 0.25) is 0 Å². The van der Waals surface area contributed by atoms with Gasteiger partial charge in [0.2, 0.25) is 5.91 Å². The summed E-state index contributed by atoms with van der Waals surface area (Å²) < 4.78 is 43.3. The molecule has 2 N–H and O–H groups in total. The molecule has 1 aromatic rings. The molecule has 1 saturated carbocycles. The maximum Gasteiger partial charge on any atom is 0.433 e. The van der Waals surface area contributed by atoms with E-state index in [2.05, 4.69) is 4.98 Å². The number of hydrogen-bond donors (Lipinski definition) is 1. The van der Waals surface area contributed by atoms with Crippen molar-refractivity contribution < 1.29 is 27.5 Å². The zero-order chi connectivity index (χ0) is 20.1. The SMILES string of the molecule is NC(=O)[C@@H]1CCN(C(=O)N2CC3(CC(Oc4ccc(C(F)(F)F)nc4)C3)C2)C1. The molecule has 0 aromatic carbocycles. The number of amides is 3. The number of halogens is 3. The van der Waals surface area contributed by atoms with E-state index in [0.717, 1.165) is 25.1 Å². The van der Waals surface area contributed by atoms with Crippen molar-refractivity contribution in [3.05, 3.63) is 24.0 Å². The first-order chi connectivity index (χ1) is 13.2. The Bertz CT molecular complexity index is 769. The van der Waals surface area contributed by atoms with E-state index in [1.807, 2.05) is 0 Å². The highest BCUT2D eigenvalue weighted by molar-refractivity contribution is 5.80. The Balaban J connectivity index is 1.22. The fourth-order valence-corrected chi connectivity index (χ4v) is 4.32. The summed E-state index contributed by atoms with van der Waals surface area (Å²) in [5.41, 5.74) is 4.38.